The summed E-state index contributed by atoms with van der Waals surface area (Å²) in [4.78, 5) is 0. The maximum Gasteiger partial charge on any atom is 4.00 e. The van der Waals surface area contributed by atoms with E-state index in [-0.39, 0.29) is 58.9 Å². The minimum Gasteiger partial charge on any atom is -1.00 e. The molecule has 0 spiro atoms. The summed E-state index contributed by atoms with van der Waals surface area (Å²) in [5.41, 5.74) is 2.78. The van der Waals surface area contributed by atoms with Crippen LogP contribution in [0.5, 0.6) is 0 Å². The monoisotopic (exact) mass is 442 g/mol. The van der Waals surface area contributed by atoms with Crippen molar-refractivity contribution in [3.8, 4) is 0 Å². The first kappa shape index (κ1) is 26.9. The molecule has 25 heavy (non-hydrogen) atoms. The number of hydrogen-bond donors (Lipinski definition) is 0. The van der Waals surface area contributed by atoms with Crippen molar-refractivity contribution in [2.45, 2.75) is 26.8 Å². The van der Waals surface area contributed by atoms with E-state index >= 15 is 0 Å². The van der Waals surface area contributed by atoms with Gasteiger partial charge in [-0.1, -0.05) is 84.5 Å². The molecule has 0 bridgehead atoms. The first-order valence-electron chi connectivity index (χ1n) is 7.53. The van der Waals surface area contributed by atoms with E-state index in [0.717, 1.165) is 6.42 Å². The predicted octanol–water partition coefficient (Wildman–Crippen LogP) is -5.10. The molecular formula is C20H21Cl3SiTi. The third-order valence-corrected chi connectivity index (χ3v) is 9.59. The van der Waals surface area contributed by atoms with Gasteiger partial charge in [-0.2, -0.15) is 5.20 Å². The van der Waals surface area contributed by atoms with Gasteiger partial charge >= 0.3 is 21.7 Å². The van der Waals surface area contributed by atoms with Crippen molar-refractivity contribution < 1.29 is 58.9 Å². The second kappa shape index (κ2) is 11.4. The Bertz CT molecular complexity index is 673. The molecule has 0 fully saturated rings. The van der Waals surface area contributed by atoms with Crippen molar-refractivity contribution in [1.82, 2.24) is 0 Å². The Morgan fingerprint density at radius 3 is 1.48 bits per heavy atom. The molecule has 0 heterocycles. The average molecular weight is 444 g/mol. The molecule has 0 radical (unpaired) electrons. The molecule has 0 amide bonds. The van der Waals surface area contributed by atoms with Crippen LogP contribution in [0, 0.1) is 6.08 Å². The van der Waals surface area contributed by atoms with Crippen molar-refractivity contribution in [2.24, 2.45) is 0 Å². The summed E-state index contributed by atoms with van der Waals surface area (Å²) in [5.74, 6) is 0. The fraction of sp³-hybridized carbons (Fsp3) is 0.200. The third-order valence-electron chi connectivity index (χ3n) is 4.85. The zero-order valence-electron chi connectivity index (χ0n) is 14.6. The second-order valence-electron chi connectivity index (χ2n) is 5.94. The quantitative estimate of drug-likeness (QED) is 0.329. The number of benzene rings is 2. The van der Waals surface area contributed by atoms with Gasteiger partial charge in [0.25, 0.3) is 0 Å². The van der Waals surface area contributed by atoms with Crippen LogP contribution in [0.4, 0.5) is 0 Å². The summed E-state index contributed by atoms with van der Waals surface area (Å²) >= 11 is 0. The molecular weight excluding hydrogens is 423 g/mol. The van der Waals surface area contributed by atoms with E-state index in [4.69, 9.17) is 0 Å². The molecule has 0 atom stereocenters. The standard InChI is InChI=1S/C20H21Si.3ClH.Ti/c1-16-14-15-20(17(16)2)21(3,18-10-6-4-7-11-18)19-12-8-5-9-13-19;;;;/h4-13H,15H2,1-3H3;3*1H;/q-1;;;;+4/p-3. The van der Waals surface area contributed by atoms with E-state index in [1.807, 2.05) is 0 Å². The Kier molecular flexibility index (Phi) is 12.3. The van der Waals surface area contributed by atoms with Crippen LogP contribution in [0.2, 0.25) is 6.55 Å². The summed E-state index contributed by atoms with van der Waals surface area (Å²) in [6, 6.07) is 22.1. The Morgan fingerprint density at radius 1 is 0.760 bits per heavy atom. The molecule has 0 saturated carbocycles. The molecule has 3 rings (SSSR count). The van der Waals surface area contributed by atoms with Gasteiger partial charge in [-0.25, -0.2) is 11.1 Å². The summed E-state index contributed by atoms with van der Waals surface area (Å²) in [7, 11) is -1.88. The van der Waals surface area contributed by atoms with Gasteiger partial charge in [0.2, 0.25) is 0 Å². The van der Waals surface area contributed by atoms with E-state index < -0.39 is 8.07 Å². The Hall–Kier alpha value is -0.279. The molecule has 0 aromatic heterocycles. The van der Waals surface area contributed by atoms with E-state index in [0.29, 0.717) is 0 Å². The molecule has 5 heteroatoms. The zero-order chi connectivity index (χ0) is 14.9. The van der Waals surface area contributed by atoms with Crippen LogP contribution < -0.4 is 47.6 Å². The largest absolute Gasteiger partial charge is 4.00 e. The van der Waals surface area contributed by atoms with Gasteiger partial charge in [0.1, 0.15) is 8.07 Å². The minimum atomic E-state index is -1.88. The third kappa shape index (κ3) is 5.13. The molecule has 2 aromatic carbocycles. The molecule has 0 aliphatic heterocycles. The molecule has 0 nitrogen and oxygen atoms in total. The maximum absolute atomic E-state index is 3.54. The number of halogens is 3. The Morgan fingerprint density at radius 2 is 1.16 bits per heavy atom. The van der Waals surface area contributed by atoms with E-state index in [1.165, 1.54) is 21.5 Å². The summed E-state index contributed by atoms with van der Waals surface area (Å²) in [5, 5.41) is 4.58. The molecule has 0 saturated heterocycles. The summed E-state index contributed by atoms with van der Waals surface area (Å²) in [6.07, 6.45) is 4.53. The molecule has 0 N–H and O–H groups in total. The van der Waals surface area contributed by atoms with Gasteiger partial charge in [-0.3, -0.25) is 6.08 Å². The normalized spacial score (nSPS) is 12.8. The van der Waals surface area contributed by atoms with Crippen molar-refractivity contribution in [2.75, 3.05) is 0 Å². The Labute approximate surface area is 186 Å². The van der Waals surface area contributed by atoms with Gasteiger partial charge in [-0.05, 0) is 0 Å². The molecule has 0 unspecified atom stereocenters. The molecule has 2 aromatic rings. The van der Waals surface area contributed by atoms with E-state index in [9.17, 15) is 0 Å². The number of allylic oxidation sites excluding steroid dienone is 4. The topological polar surface area (TPSA) is 0 Å². The van der Waals surface area contributed by atoms with E-state index in [2.05, 4.69) is 87.1 Å². The van der Waals surface area contributed by atoms with Gasteiger partial charge in [0, 0.05) is 0 Å². The van der Waals surface area contributed by atoms with Crippen molar-refractivity contribution in [1.29, 1.82) is 0 Å². The van der Waals surface area contributed by atoms with Crippen molar-refractivity contribution in [3.63, 3.8) is 0 Å². The average Bonchev–Trinajstić information content (AvgIpc) is 2.88. The van der Waals surface area contributed by atoms with Gasteiger partial charge in [-0.15, -0.1) is 13.3 Å². The van der Waals surface area contributed by atoms with Crippen LogP contribution in [-0.4, -0.2) is 8.07 Å². The predicted molar refractivity (Wildman–Crippen MR) is 93.5 cm³/mol. The van der Waals surface area contributed by atoms with Crippen LogP contribution in [0.25, 0.3) is 0 Å². The zero-order valence-corrected chi connectivity index (χ0v) is 19.4. The number of rotatable bonds is 3. The van der Waals surface area contributed by atoms with Crippen molar-refractivity contribution in [3.05, 3.63) is 83.1 Å². The summed E-state index contributed by atoms with van der Waals surface area (Å²) in [6.45, 7) is 6.94. The summed E-state index contributed by atoms with van der Waals surface area (Å²) < 4.78 is 0. The SMILES string of the molecule is CC1=[C-]CC([Si](C)(c2ccccc2)c2ccccc2)=C1C.[Cl-].[Cl-].[Cl-].[Ti+4]. The maximum atomic E-state index is 3.54. The van der Waals surface area contributed by atoms with Crippen LogP contribution in [0.3, 0.4) is 0 Å². The van der Waals surface area contributed by atoms with E-state index in [1.54, 1.807) is 5.20 Å². The molecule has 1 aliphatic carbocycles. The van der Waals surface area contributed by atoms with Crippen LogP contribution >= 0.6 is 0 Å². The fourth-order valence-electron chi connectivity index (χ4n) is 3.32. The molecule has 130 valence electrons. The Balaban J connectivity index is 0. The van der Waals surface area contributed by atoms with Crippen LogP contribution in [0.15, 0.2) is 77.0 Å². The van der Waals surface area contributed by atoms with Gasteiger partial charge in [0.05, 0.1) is 0 Å². The fourth-order valence-corrected chi connectivity index (χ4v) is 7.45. The van der Waals surface area contributed by atoms with Gasteiger partial charge in [0.15, 0.2) is 0 Å². The van der Waals surface area contributed by atoms with Crippen LogP contribution in [0.1, 0.15) is 20.3 Å². The smallest absolute Gasteiger partial charge is 1.00 e. The van der Waals surface area contributed by atoms with Crippen molar-refractivity contribution >= 4 is 18.4 Å². The minimum absolute atomic E-state index is 0. The van der Waals surface area contributed by atoms with Gasteiger partial charge < -0.3 is 37.2 Å². The van der Waals surface area contributed by atoms with Crippen LogP contribution in [-0.2, 0) is 21.7 Å². The molecule has 1 aliphatic rings. The first-order valence-corrected chi connectivity index (χ1v) is 10.0. The number of hydrogen-bond acceptors (Lipinski definition) is 0. The second-order valence-corrected chi connectivity index (χ2v) is 9.95. The first-order chi connectivity index (χ1) is 10.1.